The zero-order valence-electron chi connectivity index (χ0n) is 10.9. The normalized spacial score (nSPS) is 14.5. The molecule has 3 rings (SSSR count). The average molecular weight is 249 g/mol. The van der Waals surface area contributed by atoms with E-state index in [0.29, 0.717) is 0 Å². The second-order valence-electron chi connectivity index (χ2n) is 4.80. The summed E-state index contributed by atoms with van der Waals surface area (Å²) in [5.74, 6) is 0.0950. The zero-order chi connectivity index (χ0) is 13.2. The molecule has 0 aliphatic heterocycles. The highest BCUT2D eigenvalue weighted by Gasteiger charge is 2.15. The number of allylic oxidation sites excluding steroid dienone is 4. The first kappa shape index (κ1) is 11.8. The Kier molecular flexibility index (Phi) is 3.00. The van der Waals surface area contributed by atoms with Crippen LogP contribution in [-0.4, -0.2) is 10.8 Å². The smallest absolute Gasteiger partial charge is 0.193 e. The summed E-state index contributed by atoms with van der Waals surface area (Å²) in [6, 6.07) is 9.68. The van der Waals surface area contributed by atoms with E-state index >= 15 is 0 Å². The molecule has 0 saturated carbocycles. The van der Waals surface area contributed by atoms with E-state index in [4.69, 9.17) is 0 Å². The molecule has 0 saturated heterocycles. The molecule has 0 unspecified atom stereocenters. The molecule has 1 aliphatic rings. The van der Waals surface area contributed by atoms with E-state index in [2.05, 4.69) is 11.1 Å². The van der Waals surface area contributed by atoms with E-state index < -0.39 is 0 Å². The van der Waals surface area contributed by atoms with Gasteiger partial charge >= 0.3 is 0 Å². The van der Waals surface area contributed by atoms with E-state index in [1.807, 2.05) is 49.4 Å². The number of ketones is 1. The summed E-state index contributed by atoms with van der Waals surface area (Å²) in [4.78, 5) is 17.1. The van der Waals surface area contributed by atoms with Crippen molar-refractivity contribution in [2.24, 2.45) is 0 Å². The lowest BCUT2D eigenvalue weighted by molar-refractivity contribution is 0.103. The van der Waals surface area contributed by atoms with Crippen molar-refractivity contribution in [3.63, 3.8) is 0 Å². The maximum Gasteiger partial charge on any atom is 0.193 e. The van der Waals surface area contributed by atoms with Crippen molar-refractivity contribution in [1.29, 1.82) is 0 Å². The van der Waals surface area contributed by atoms with Crippen molar-refractivity contribution < 1.29 is 4.79 Å². The van der Waals surface area contributed by atoms with E-state index in [-0.39, 0.29) is 5.78 Å². The van der Waals surface area contributed by atoms with Crippen LogP contribution in [0.2, 0.25) is 0 Å². The lowest BCUT2D eigenvalue weighted by Gasteiger charge is -2.09. The monoisotopic (exact) mass is 249 g/mol. The van der Waals surface area contributed by atoms with Crippen LogP contribution in [0, 0.1) is 6.92 Å². The minimum atomic E-state index is 0.0950. The van der Waals surface area contributed by atoms with Gasteiger partial charge in [-0.05, 0) is 31.9 Å². The van der Waals surface area contributed by atoms with Gasteiger partial charge in [0.15, 0.2) is 5.78 Å². The van der Waals surface area contributed by atoms with Crippen LogP contribution in [0.1, 0.15) is 28.9 Å². The molecular formula is C17H15NO. The molecule has 19 heavy (non-hydrogen) atoms. The summed E-state index contributed by atoms with van der Waals surface area (Å²) in [7, 11) is 0. The second-order valence-corrected chi connectivity index (χ2v) is 4.80. The van der Waals surface area contributed by atoms with Crippen molar-refractivity contribution in [3.8, 4) is 0 Å². The molecule has 0 radical (unpaired) electrons. The lowest BCUT2D eigenvalue weighted by Crippen LogP contribution is -2.05. The Labute approximate surface area is 112 Å². The van der Waals surface area contributed by atoms with Crippen LogP contribution < -0.4 is 0 Å². The molecule has 1 aromatic carbocycles. The van der Waals surface area contributed by atoms with Crippen LogP contribution in [0.5, 0.6) is 0 Å². The van der Waals surface area contributed by atoms with Gasteiger partial charge in [-0.2, -0.15) is 0 Å². The number of nitrogens with zero attached hydrogens (tertiary/aromatic N) is 1. The van der Waals surface area contributed by atoms with Crippen LogP contribution in [0.15, 0.2) is 54.1 Å². The van der Waals surface area contributed by atoms with Crippen LogP contribution in [-0.2, 0) is 0 Å². The van der Waals surface area contributed by atoms with Crippen LogP contribution in [0.25, 0.3) is 10.9 Å². The molecule has 1 aliphatic carbocycles. The third-order valence-corrected chi connectivity index (χ3v) is 3.35. The van der Waals surface area contributed by atoms with Gasteiger partial charge in [0.05, 0.1) is 5.52 Å². The molecular weight excluding hydrogens is 234 g/mol. The summed E-state index contributed by atoms with van der Waals surface area (Å²) in [5, 5.41) is 0.929. The molecule has 1 heterocycles. The predicted octanol–water partition coefficient (Wildman–Crippen LogP) is 4.00. The number of aromatic nitrogens is 1. The standard InChI is InChI=1S/C17H15NO/c1-12-11-15(14-9-5-6-10-16(14)18-12)17(19)13-7-3-2-4-8-13/h3,5-11H,2,4H2,1H3. The summed E-state index contributed by atoms with van der Waals surface area (Å²) in [6.45, 7) is 1.92. The number of fused-ring (bicyclic) bond motifs is 1. The van der Waals surface area contributed by atoms with E-state index in [1.54, 1.807) is 0 Å². The second kappa shape index (κ2) is 4.81. The number of carbonyl (C=O) groups is 1. The summed E-state index contributed by atoms with van der Waals surface area (Å²) < 4.78 is 0. The van der Waals surface area contributed by atoms with Crippen LogP contribution >= 0.6 is 0 Å². The molecule has 0 fully saturated rings. The van der Waals surface area contributed by atoms with Crippen molar-refractivity contribution in [2.75, 3.05) is 0 Å². The van der Waals surface area contributed by atoms with E-state index in [0.717, 1.165) is 40.6 Å². The highest BCUT2D eigenvalue weighted by Crippen LogP contribution is 2.23. The topological polar surface area (TPSA) is 30.0 Å². The Morgan fingerprint density at radius 2 is 2.05 bits per heavy atom. The molecule has 1 aromatic heterocycles. The Morgan fingerprint density at radius 3 is 2.84 bits per heavy atom. The fourth-order valence-corrected chi connectivity index (χ4v) is 2.43. The Hall–Kier alpha value is -2.22. The van der Waals surface area contributed by atoms with Crippen molar-refractivity contribution in [1.82, 2.24) is 4.98 Å². The van der Waals surface area contributed by atoms with Gasteiger partial charge in [-0.3, -0.25) is 9.78 Å². The number of carbonyl (C=O) groups excluding carboxylic acids is 1. The number of benzene rings is 1. The van der Waals surface area contributed by atoms with Gasteiger partial charge < -0.3 is 0 Å². The van der Waals surface area contributed by atoms with Crippen LogP contribution in [0.3, 0.4) is 0 Å². The fraction of sp³-hybridized carbons (Fsp3) is 0.176. The molecule has 0 amide bonds. The van der Waals surface area contributed by atoms with Gasteiger partial charge in [0, 0.05) is 22.2 Å². The largest absolute Gasteiger partial charge is 0.289 e. The average Bonchev–Trinajstić information content (AvgIpc) is 2.46. The first-order valence-electron chi connectivity index (χ1n) is 6.53. The number of aryl methyl sites for hydroxylation is 1. The highest BCUT2D eigenvalue weighted by molar-refractivity contribution is 6.17. The first-order chi connectivity index (χ1) is 9.25. The summed E-state index contributed by atoms with van der Waals surface area (Å²) >= 11 is 0. The Balaban J connectivity index is 2.16. The number of Topliss-reactive ketones (excluding diaryl/α,β-unsaturated/α-hetero) is 1. The lowest BCUT2D eigenvalue weighted by atomic mass is 9.95. The highest BCUT2D eigenvalue weighted by atomic mass is 16.1. The minimum absolute atomic E-state index is 0.0950. The van der Waals surface area contributed by atoms with Gasteiger partial charge in [-0.25, -0.2) is 0 Å². The molecule has 0 spiro atoms. The molecule has 2 aromatic rings. The van der Waals surface area contributed by atoms with Gasteiger partial charge in [-0.1, -0.05) is 36.4 Å². The van der Waals surface area contributed by atoms with Gasteiger partial charge in [0.25, 0.3) is 0 Å². The van der Waals surface area contributed by atoms with Gasteiger partial charge in [0.2, 0.25) is 0 Å². The first-order valence-corrected chi connectivity index (χ1v) is 6.53. The molecule has 0 N–H and O–H groups in total. The van der Waals surface area contributed by atoms with E-state index in [1.165, 1.54) is 0 Å². The number of hydrogen-bond donors (Lipinski definition) is 0. The number of para-hydroxylation sites is 1. The van der Waals surface area contributed by atoms with Gasteiger partial charge in [0.1, 0.15) is 0 Å². The predicted molar refractivity (Wildman–Crippen MR) is 77.3 cm³/mol. The van der Waals surface area contributed by atoms with Crippen molar-refractivity contribution in [2.45, 2.75) is 19.8 Å². The maximum atomic E-state index is 12.6. The SMILES string of the molecule is Cc1cc(C(=O)C2=CCCC=C2)c2ccccc2n1. The number of rotatable bonds is 2. The molecule has 0 bridgehead atoms. The summed E-state index contributed by atoms with van der Waals surface area (Å²) in [6.07, 6.45) is 7.97. The zero-order valence-corrected chi connectivity index (χ0v) is 10.9. The number of pyridine rings is 1. The quantitative estimate of drug-likeness (QED) is 0.753. The molecule has 2 nitrogen and oxygen atoms in total. The third-order valence-electron chi connectivity index (χ3n) is 3.35. The molecule has 0 atom stereocenters. The third kappa shape index (κ3) is 2.22. The molecule has 2 heteroatoms. The molecule has 94 valence electrons. The maximum absolute atomic E-state index is 12.6. The van der Waals surface area contributed by atoms with Crippen molar-refractivity contribution in [3.05, 3.63) is 65.4 Å². The fourth-order valence-electron chi connectivity index (χ4n) is 2.43. The van der Waals surface area contributed by atoms with Crippen molar-refractivity contribution >= 4 is 16.7 Å². The number of hydrogen-bond acceptors (Lipinski definition) is 2. The Morgan fingerprint density at radius 1 is 1.21 bits per heavy atom. The summed E-state index contributed by atoms with van der Waals surface area (Å²) in [5.41, 5.74) is 3.30. The van der Waals surface area contributed by atoms with E-state index in [9.17, 15) is 4.79 Å². The minimum Gasteiger partial charge on any atom is -0.289 e. The Bertz CT molecular complexity index is 710. The van der Waals surface area contributed by atoms with Gasteiger partial charge in [-0.15, -0.1) is 0 Å². The van der Waals surface area contributed by atoms with Crippen LogP contribution in [0.4, 0.5) is 0 Å².